The third-order valence-electron chi connectivity index (χ3n) is 3.65. The molecule has 0 aromatic heterocycles. The monoisotopic (exact) mass is 326 g/mol. The lowest BCUT2D eigenvalue weighted by molar-refractivity contribution is 0.282. The zero-order valence-corrected chi connectivity index (χ0v) is 12.9. The first-order valence-corrected chi connectivity index (χ1v) is 7.53. The average Bonchev–Trinajstić information content (AvgIpc) is 2.61. The number of hydrogen-bond donors (Lipinski definition) is 1. The Morgan fingerprint density at radius 2 is 1.58 bits per heavy atom. The molecular formula is C20H16F2O2. The van der Waals surface area contributed by atoms with Gasteiger partial charge in [-0.3, -0.25) is 0 Å². The minimum Gasteiger partial charge on any atom is -0.485 e. The maximum atomic E-state index is 14.3. The predicted molar refractivity (Wildman–Crippen MR) is 88.5 cm³/mol. The maximum absolute atomic E-state index is 14.3. The van der Waals surface area contributed by atoms with Gasteiger partial charge in [0.2, 0.25) is 0 Å². The lowest BCUT2D eigenvalue weighted by Gasteiger charge is -2.14. The number of ether oxygens (including phenoxy) is 1. The highest BCUT2D eigenvalue weighted by molar-refractivity contribution is 5.71. The van der Waals surface area contributed by atoms with Crippen LogP contribution in [0.25, 0.3) is 11.1 Å². The van der Waals surface area contributed by atoms with Crippen molar-refractivity contribution in [3.05, 3.63) is 89.5 Å². The molecule has 0 atom stereocenters. The van der Waals surface area contributed by atoms with Crippen molar-refractivity contribution in [3.63, 3.8) is 0 Å². The van der Waals surface area contributed by atoms with E-state index in [1.54, 1.807) is 24.3 Å². The van der Waals surface area contributed by atoms with Crippen molar-refractivity contribution in [1.29, 1.82) is 0 Å². The van der Waals surface area contributed by atoms with E-state index in [0.29, 0.717) is 16.7 Å². The number of benzene rings is 3. The van der Waals surface area contributed by atoms with E-state index in [2.05, 4.69) is 0 Å². The summed E-state index contributed by atoms with van der Waals surface area (Å²) in [4.78, 5) is 0. The molecule has 0 aliphatic rings. The molecule has 0 amide bonds. The van der Waals surface area contributed by atoms with Gasteiger partial charge < -0.3 is 9.84 Å². The molecule has 0 fully saturated rings. The second kappa shape index (κ2) is 7.23. The van der Waals surface area contributed by atoms with Gasteiger partial charge in [-0.2, -0.15) is 0 Å². The number of aliphatic hydroxyl groups is 1. The molecule has 0 heterocycles. The highest BCUT2D eigenvalue weighted by Gasteiger charge is 2.15. The van der Waals surface area contributed by atoms with E-state index < -0.39 is 11.6 Å². The van der Waals surface area contributed by atoms with Crippen LogP contribution in [0.1, 0.15) is 11.1 Å². The van der Waals surface area contributed by atoms with Crippen molar-refractivity contribution >= 4 is 0 Å². The molecule has 0 saturated heterocycles. The minimum absolute atomic E-state index is 0.00431. The van der Waals surface area contributed by atoms with Crippen LogP contribution in [0.2, 0.25) is 0 Å². The van der Waals surface area contributed by atoms with Crippen LogP contribution in [-0.2, 0) is 13.2 Å². The van der Waals surface area contributed by atoms with E-state index in [1.165, 1.54) is 6.07 Å². The lowest BCUT2D eigenvalue weighted by Crippen LogP contribution is -2.00. The third-order valence-corrected chi connectivity index (χ3v) is 3.65. The van der Waals surface area contributed by atoms with Crippen LogP contribution in [0.5, 0.6) is 5.75 Å². The SMILES string of the molecule is OCc1cccc(-c2cc(F)cc(F)c2OCc2ccccc2)c1. The highest BCUT2D eigenvalue weighted by atomic mass is 19.1. The summed E-state index contributed by atoms with van der Waals surface area (Å²) in [5.41, 5.74) is 2.45. The van der Waals surface area contributed by atoms with Crippen molar-refractivity contribution in [2.45, 2.75) is 13.2 Å². The number of halogens is 2. The van der Waals surface area contributed by atoms with Crippen LogP contribution in [0, 0.1) is 11.6 Å². The van der Waals surface area contributed by atoms with Crippen LogP contribution in [0.4, 0.5) is 8.78 Å². The molecular weight excluding hydrogens is 310 g/mol. The van der Waals surface area contributed by atoms with Gasteiger partial charge in [-0.15, -0.1) is 0 Å². The largest absolute Gasteiger partial charge is 0.485 e. The summed E-state index contributed by atoms with van der Waals surface area (Å²) in [7, 11) is 0. The molecule has 3 aromatic rings. The molecule has 0 spiro atoms. The Hall–Kier alpha value is -2.72. The molecule has 2 nitrogen and oxygen atoms in total. The van der Waals surface area contributed by atoms with Gasteiger partial charge in [0.1, 0.15) is 12.4 Å². The zero-order chi connectivity index (χ0) is 16.9. The van der Waals surface area contributed by atoms with Crippen LogP contribution in [-0.4, -0.2) is 5.11 Å². The summed E-state index contributed by atoms with van der Waals surface area (Å²) in [6, 6.07) is 18.3. The molecule has 0 aliphatic carbocycles. The first-order valence-electron chi connectivity index (χ1n) is 7.53. The first kappa shape index (κ1) is 16.1. The number of rotatable bonds is 5. The standard InChI is InChI=1S/C20H16F2O2/c21-17-10-18(16-8-4-7-15(9-16)12-23)20(19(22)11-17)24-13-14-5-2-1-3-6-14/h1-11,23H,12-13H2. The normalized spacial score (nSPS) is 10.6. The summed E-state index contributed by atoms with van der Waals surface area (Å²) in [5.74, 6) is -1.44. The molecule has 0 radical (unpaired) electrons. The van der Waals surface area contributed by atoms with E-state index >= 15 is 0 Å². The van der Waals surface area contributed by atoms with Crippen molar-refractivity contribution in [1.82, 2.24) is 0 Å². The van der Waals surface area contributed by atoms with Gasteiger partial charge in [0.15, 0.2) is 11.6 Å². The second-order valence-electron chi connectivity index (χ2n) is 5.40. The molecule has 0 bridgehead atoms. The van der Waals surface area contributed by atoms with E-state index in [4.69, 9.17) is 4.74 Å². The van der Waals surface area contributed by atoms with E-state index in [9.17, 15) is 13.9 Å². The average molecular weight is 326 g/mol. The van der Waals surface area contributed by atoms with Crippen molar-refractivity contribution in [3.8, 4) is 16.9 Å². The third kappa shape index (κ3) is 3.60. The maximum Gasteiger partial charge on any atom is 0.168 e. The highest BCUT2D eigenvalue weighted by Crippen LogP contribution is 2.34. The van der Waals surface area contributed by atoms with Gasteiger partial charge in [-0.1, -0.05) is 48.5 Å². The van der Waals surface area contributed by atoms with Crippen molar-refractivity contribution in [2.24, 2.45) is 0 Å². The van der Waals surface area contributed by atoms with E-state index in [-0.39, 0.29) is 19.0 Å². The van der Waals surface area contributed by atoms with Gasteiger partial charge in [-0.05, 0) is 28.8 Å². The Morgan fingerprint density at radius 1 is 0.833 bits per heavy atom. The van der Waals surface area contributed by atoms with Crippen LogP contribution < -0.4 is 4.74 Å². The summed E-state index contributed by atoms with van der Waals surface area (Å²) in [6.45, 7) is 0.0297. The fourth-order valence-corrected chi connectivity index (χ4v) is 2.49. The van der Waals surface area contributed by atoms with Crippen LogP contribution >= 0.6 is 0 Å². The molecule has 24 heavy (non-hydrogen) atoms. The molecule has 3 rings (SSSR count). The van der Waals surface area contributed by atoms with Gasteiger partial charge in [0, 0.05) is 11.6 Å². The molecule has 0 aliphatic heterocycles. The van der Waals surface area contributed by atoms with Crippen LogP contribution in [0.15, 0.2) is 66.7 Å². The summed E-state index contributed by atoms with van der Waals surface area (Å²) in [6.07, 6.45) is 0. The fourth-order valence-electron chi connectivity index (χ4n) is 2.49. The Morgan fingerprint density at radius 3 is 2.33 bits per heavy atom. The molecule has 122 valence electrons. The summed E-state index contributed by atoms with van der Waals surface area (Å²) in [5, 5.41) is 9.26. The Bertz CT molecular complexity index is 832. The van der Waals surface area contributed by atoms with Gasteiger partial charge in [0.05, 0.1) is 6.61 Å². The van der Waals surface area contributed by atoms with Gasteiger partial charge in [-0.25, -0.2) is 8.78 Å². The summed E-state index contributed by atoms with van der Waals surface area (Å²) < 4.78 is 33.6. The second-order valence-corrected chi connectivity index (χ2v) is 5.40. The van der Waals surface area contributed by atoms with Crippen molar-refractivity contribution < 1.29 is 18.6 Å². The zero-order valence-electron chi connectivity index (χ0n) is 12.9. The first-order chi connectivity index (χ1) is 11.7. The number of hydrogen-bond acceptors (Lipinski definition) is 2. The molecule has 4 heteroatoms. The Balaban J connectivity index is 1.98. The molecule has 1 N–H and O–H groups in total. The molecule has 3 aromatic carbocycles. The van der Waals surface area contributed by atoms with Gasteiger partial charge >= 0.3 is 0 Å². The number of aliphatic hydroxyl groups excluding tert-OH is 1. The fraction of sp³-hybridized carbons (Fsp3) is 0.100. The minimum atomic E-state index is -0.754. The van der Waals surface area contributed by atoms with E-state index in [1.807, 2.05) is 30.3 Å². The molecule has 0 unspecified atom stereocenters. The smallest absolute Gasteiger partial charge is 0.168 e. The quantitative estimate of drug-likeness (QED) is 0.736. The Kier molecular flexibility index (Phi) is 4.87. The lowest BCUT2D eigenvalue weighted by atomic mass is 10.0. The van der Waals surface area contributed by atoms with Gasteiger partial charge in [0.25, 0.3) is 0 Å². The topological polar surface area (TPSA) is 29.5 Å². The van der Waals surface area contributed by atoms with Crippen molar-refractivity contribution in [2.75, 3.05) is 0 Å². The van der Waals surface area contributed by atoms with Crippen LogP contribution in [0.3, 0.4) is 0 Å². The van der Waals surface area contributed by atoms with E-state index in [0.717, 1.165) is 11.6 Å². The molecule has 0 saturated carbocycles. The Labute approximate surface area is 139 Å². The summed E-state index contributed by atoms with van der Waals surface area (Å²) >= 11 is 0. The predicted octanol–water partition coefficient (Wildman–Crippen LogP) is 4.70.